The first-order valence-corrected chi connectivity index (χ1v) is 7.28. The minimum absolute atomic E-state index is 0.774. The molecule has 0 aromatic carbocycles. The Balaban J connectivity index is 2.42. The van der Waals surface area contributed by atoms with E-state index in [0.29, 0.717) is 0 Å². The molecule has 0 spiro atoms. The molecule has 0 N–H and O–H groups in total. The highest BCUT2D eigenvalue weighted by Gasteiger charge is 2.43. The molecule has 1 heteroatoms. The summed E-state index contributed by atoms with van der Waals surface area (Å²) >= 11 is 0. The van der Waals surface area contributed by atoms with Gasteiger partial charge in [-0.15, -0.1) is 0 Å². The second kappa shape index (κ2) is 6.05. The van der Waals surface area contributed by atoms with E-state index < -0.39 is 0 Å². The van der Waals surface area contributed by atoms with Crippen molar-refractivity contribution in [2.75, 3.05) is 6.54 Å². The molecule has 0 aliphatic carbocycles. The van der Waals surface area contributed by atoms with Crippen LogP contribution >= 0.6 is 0 Å². The monoisotopic (exact) mass is 225 g/mol. The van der Waals surface area contributed by atoms with Crippen LogP contribution in [0.2, 0.25) is 0 Å². The highest BCUT2D eigenvalue weighted by Crippen LogP contribution is 2.36. The van der Waals surface area contributed by atoms with Crippen molar-refractivity contribution in [1.82, 2.24) is 4.90 Å². The number of nitrogens with zero attached hydrogens (tertiary/aromatic N) is 1. The maximum absolute atomic E-state index is 2.73. The molecule has 0 amide bonds. The lowest BCUT2D eigenvalue weighted by Crippen LogP contribution is -2.29. The fourth-order valence-electron chi connectivity index (χ4n) is 2.96. The first kappa shape index (κ1) is 14.0. The van der Waals surface area contributed by atoms with Gasteiger partial charge in [0.05, 0.1) is 0 Å². The van der Waals surface area contributed by atoms with Crippen LogP contribution in [0.5, 0.6) is 0 Å². The van der Waals surface area contributed by atoms with E-state index in [1.165, 1.54) is 25.8 Å². The fourth-order valence-corrected chi connectivity index (χ4v) is 2.96. The highest BCUT2D eigenvalue weighted by atomic mass is 15.3. The van der Waals surface area contributed by atoms with Crippen molar-refractivity contribution < 1.29 is 0 Å². The molecule has 0 aromatic heterocycles. The smallest absolute Gasteiger partial charge is 0.0255 e. The summed E-state index contributed by atoms with van der Waals surface area (Å²) in [7, 11) is 0. The molecule has 1 heterocycles. The van der Waals surface area contributed by atoms with Gasteiger partial charge in [0.2, 0.25) is 0 Å². The summed E-state index contributed by atoms with van der Waals surface area (Å²) in [6.45, 7) is 15.6. The van der Waals surface area contributed by atoms with E-state index in [0.717, 1.165) is 29.8 Å². The third kappa shape index (κ3) is 3.23. The maximum Gasteiger partial charge on any atom is 0.0255 e. The molecule has 16 heavy (non-hydrogen) atoms. The lowest BCUT2D eigenvalue weighted by Gasteiger charge is -2.26. The average Bonchev–Trinajstić information content (AvgIpc) is 3.03. The van der Waals surface area contributed by atoms with Crippen molar-refractivity contribution in [2.24, 2.45) is 17.8 Å². The molecule has 0 bridgehead atoms. The number of rotatable bonds is 7. The van der Waals surface area contributed by atoms with Crippen molar-refractivity contribution in [2.45, 2.75) is 72.9 Å². The molecular weight excluding hydrogens is 194 g/mol. The Labute approximate surface area is 103 Å². The summed E-state index contributed by atoms with van der Waals surface area (Å²) in [6, 6.07) is 1.68. The first-order chi connectivity index (χ1) is 7.52. The molecule has 1 saturated heterocycles. The zero-order valence-electron chi connectivity index (χ0n) is 12.2. The van der Waals surface area contributed by atoms with E-state index >= 15 is 0 Å². The number of hydrogen-bond acceptors (Lipinski definition) is 1. The van der Waals surface area contributed by atoms with Gasteiger partial charge in [-0.1, -0.05) is 47.5 Å². The first-order valence-electron chi connectivity index (χ1n) is 7.28. The quantitative estimate of drug-likeness (QED) is 0.587. The van der Waals surface area contributed by atoms with Crippen LogP contribution in [-0.2, 0) is 0 Å². The largest absolute Gasteiger partial charge is 0.294 e. The summed E-state index contributed by atoms with van der Waals surface area (Å²) < 4.78 is 0. The summed E-state index contributed by atoms with van der Waals surface area (Å²) in [6.07, 6.45) is 4.12. The fraction of sp³-hybridized carbons (Fsp3) is 1.00. The van der Waals surface area contributed by atoms with Crippen molar-refractivity contribution >= 4 is 0 Å². The molecule has 1 aliphatic rings. The van der Waals surface area contributed by atoms with Gasteiger partial charge in [0.25, 0.3) is 0 Å². The molecular formula is C15H31N. The van der Waals surface area contributed by atoms with Crippen LogP contribution in [0.4, 0.5) is 0 Å². The summed E-state index contributed by atoms with van der Waals surface area (Å²) in [5.74, 6) is 2.58. The zero-order valence-corrected chi connectivity index (χ0v) is 12.2. The summed E-state index contributed by atoms with van der Waals surface area (Å²) in [5, 5.41) is 0. The van der Waals surface area contributed by atoms with E-state index in [1.807, 2.05) is 0 Å². The lowest BCUT2D eigenvalue weighted by molar-refractivity contribution is 0.224. The minimum atomic E-state index is 0.774. The normalized spacial score (nSPS) is 30.2. The molecule has 0 aromatic rings. The second-order valence-electron chi connectivity index (χ2n) is 6.06. The Bertz CT molecular complexity index is 200. The minimum Gasteiger partial charge on any atom is -0.294 e. The van der Waals surface area contributed by atoms with Crippen molar-refractivity contribution in [3.05, 3.63) is 0 Å². The molecule has 0 radical (unpaired) electrons. The zero-order chi connectivity index (χ0) is 12.3. The standard InChI is InChI=1S/C15H31N/c1-7-9-14(8-2)15-10-16(15)13(6)12(5)11(3)4/h11-15H,7-10H2,1-6H3. The van der Waals surface area contributed by atoms with Crippen LogP contribution < -0.4 is 0 Å². The number of hydrogen-bond donors (Lipinski definition) is 0. The van der Waals surface area contributed by atoms with Gasteiger partial charge in [-0.05, 0) is 31.1 Å². The van der Waals surface area contributed by atoms with Crippen molar-refractivity contribution in [3.8, 4) is 0 Å². The third-order valence-corrected chi connectivity index (χ3v) is 4.75. The van der Waals surface area contributed by atoms with E-state index in [2.05, 4.69) is 46.4 Å². The van der Waals surface area contributed by atoms with E-state index in [1.54, 1.807) is 0 Å². The second-order valence-corrected chi connectivity index (χ2v) is 6.06. The van der Waals surface area contributed by atoms with Gasteiger partial charge < -0.3 is 0 Å². The van der Waals surface area contributed by atoms with Crippen LogP contribution in [0.25, 0.3) is 0 Å². The predicted octanol–water partition coefficient (Wildman–Crippen LogP) is 4.18. The van der Waals surface area contributed by atoms with Crippen LogP contribution in [0.3, 0.4) is 0 Å². The van der Waals surface area contributed by atoms with Gasteiger partial charge in [0, 0.05) is 18.6 Å². The summed E-state index contributed by atoms with van der Waals surface area (Å²) in [5.41, 5.74) is 0. The van der Waals surface area contributed by atoms with Gasteiger partial charge >= 0.3 is 0 Å². The molecule has 0 saturated carbocycles. The Morgan fingerprint density at radius 1 is 1.12 bits per heavy atom. The Morgan fingerprint density at radius 3 is 2.19 bits per heavy atom. The van der Waals surface area contributed by atoms with E-state index in [-0.39, 0.29) is 0 Å². The molecule has 1 fully saturated rings. The Morgan fingerprint density at radius 2 is 1.75 bits per heavy atom. The van der Waals surface area contributed by atoms with E-state index in [9.17, 15) is 0 Å². The summed E-state index contributed by atoms with van der Waals surface area (Å²) in [4.78, 5) is 2.73. The van der Waals surface area contributed by atoms with Gasteiger partial charge in [-0.3, -0.25) is 4.90 Å². The lowest BCUT2D eigenvalue weighted by atomic mass is 9.90. The Kier molecular flexibility index (Phi) is 5.30. The average molecular weight is 225 g/mol. The molecule has 1 nitrogen and oxygen atoms in total. The molecule has 5 atom stereocenters. The molecule has 1 aliphatic heterocycles. The van der Waals surface area contributed by atoms with Crippen molar-refractivity contribution in [3.63, 3.8) is 0 Å². The van der Waals surface area contributed by atoms with Crippen LogP contribution in [-0.4, -0.2) is 23.5 Å². The Hall–Kier alpha value is -0.0400. The molecule has 1 rings (SSSR count). The molecule has 96 valence electrons. The topological polar surface area (TPSA) is 3.01 Å². The third-order valence-electron chi connectivity index (χ3n) is 4.75. The van der Waals surface area contributed by atoms with E-state index in [4.69, 9.17) is 0 Å². The SMILES string of the molecule is CCCC(CC)C1CN1C(C)C(C)C(C)C. The van der Waals surface area contributed by atoms with Crippen molar-refractivity contribution in [1.29, 1.82) is 0 Å². The van der Waals surface area contributed by atoms with Crippen LogP contribution in [0, 0.1) is 17.8 Å². The maximum atomic E-state index is 2.73. The predicted molar refractivity (Wildman–Crippen MR) is 72.6 cm³/mol. The van der Waals surface area contributed by atoms with Gasteiger partial charge in [-0.25, -0.2) is 0 Å². The van der Waals surface area contributed by atoms with Gasteiger partial charge in [0.15, 0.2) is 0 Å². The van der Waals surface area contributed by atoms with Crippen LogP contribution in [0.1, 0.15) is 60.8 Å². The van der Waals surface area contributed by atoms with Gasteiger partial charge in [-0.2, -0.15) is 0 Å². The molecule has 5 unspecified atom stereocenters. The van der Waals surface area contributed by atoms with Crippen LogP contribution in [0.15, 0.2) is 0 Å². The highest BCUT2D eigenvalue weighted by molar-refractivity contribution is 4.98. The van der Waals surface area contributed by atoms with Gasteiger partial charge in [0.1, 0.15) is 0 Å².